The number of hydrogen-bond donors (Lipinski definition) is 9. The number of aliphatic hydroxyl groups is 1. The number of ether oxygens (including phenoxy) is 3. The Bertz CT molecular complexity index is 6650. The molecule has 14 aromatic rings. The first-order chi connectivity index (χ1) is 71.7. The monoisotopic (exact) mass is 2090 g/mol. The minimum absolute atomic E-state index is 0.120. The summed E-state index contributed by atoms with van der Waals surface area (Å²) in [4.78, 5) is 105. The van der Waals surface area contributed by atoms with Gasteiger partial charge in [-0.15, -0.1) is 10.2 Å². The van der Waals surface area contributed by atoms with Gasteiger partial charge in [0, 0.05) is 266 Å². The van der Waals surface area contributed by atoms with E-state index in [9.17, 15) is 28.7 Å². The van der Waals surface area contributed by atoms with Crippen molar-refractivity contribution in [1.29, 1.82) is 0 Å². The molecule has 32 nitrogen and oxygen atoms in total. The fourth-order valence-corrected chi connectivity index (χ4v) is 19.9. The smallest absolute Gasteiger partial charge is 0.251 e. The van der Waals surface area contributed by atoms with Gasteiger partial charge in [0.1, 0.15) is 41.6 Å². The van der Waals surface area contributed by atoms with Crippen molar-refractivity contribution in [3.63, 3.8) is 0 Å². The Morgan fingerprint density at radius 2 is 0.709 bits per heavy atom. The highest BCUT2D eigenvalue weighted by Crippen LogP contribution is 2.43. The molecule has 5 aromatic carbocycles. The van der Waals surface area contributed by atoms with E-state index in [4.69, 9.17) is 65.0 Å². The van der Waals surface area contributed by atoms with Crippen LogP contribution in [0.4, 0.5) is 27.1 Å². The van der Waals surface area contributed by atoms with Gasteiger partial charge in [-0.25, -0.2) is 24.3 Å². The quantitative estimate of drug-likeness (QED) is 0.0181. The molecule has 0 spiro atoms. The van der Waals surface area contributed by atoms with Crippen molar-refractivity contribution in [2.75, 3.05) is 197 Å². The predicted molar refractivity (Wildman–Crippen MR) is 587 cm³/mol. The zero-order valence-corrected chi connectivity index (χ0v) is 88.8. The average Bonchev–Trinajstić information content (AvgIpc) is 1.52. The van der Waals surface area contributed by atoms with Crippen LogP contribution >= 0.6 is 46.4 Å². The van der Waals surface area contributed by atoms with Crippen LogP contribution < -0.4 is 50.3 Å². The Morgan fingerprint density at radius 1 is 0.399 bits per heavy atom. The maximum absolute atomic E-state index is 13.8. The number of morpholine rings is 1. The molecule has 0 saturated carbocycles. The lowest BCUT2D eigenvalue weighted by atomic mass is 9.96. The Kier molecular flexibility index (Phi) is 37.7. The molecule has 4 amide bonds. The molecule has 0 radical (unpaired) electrons. The molecule has 5 saturated heterocycles. The number of aliphatic hydroxyl groups excluding tert-OH is 1. The van der Waals surface area contributed by atoms with Gasteiger partial charge < -0.3 is 104 Å². The van der Waals surface area contributed by atoms with Gasteiger partial charge in [0.05, 0.1) is 83.7 Å². The number of H-pyrrole nitrogens is 4. The first-order valence-electron chi connectivity index (χ1n) is 51.4. The van der Waals surface area contributed by atoms with E-state index < -0.39 is 6.10 Å². The largest absolute Gasteiger partial charge is 0.488 e. The normalized spacial score (nSPS) is 15.9. The number of halogens is 5. The lowest BCUT2D eigenvalue weighted by Crippen LogP contribution is -2.51. The first-order valence-corrected chi connectivity index (χ1v) is 52.9. The average molecular weight is 2100 g/mol. The molecule has 0 bridgehead atoms. The van der Waals surface area contributed by atoms with Crippen LogP contribution in [0, 0.1) is 12.7 Å². The van der Waals surface area contributed by atoms with Crippen molar-refractivity contribution in [1.82, 2.24) is 95.8 Å². The Labute approximate surface area is 883 Å². The van der Waals surface area contributed by atoms with Gasteiger partial charge in [-0.2, -0.15) is 0 Å². The molecule has 148 heavy (non-hydrogen) atoms. The van der Waals surface area contributed by atoms with E-state index in [1.54, 1.807) is 31.5 Å². The van der Waals surface area contributed by atoms with E-state index in [1.165, 1.54) is 12.1 Å². The van der Waals surface area contributed by atoms with Crippen LogP contribution in [0.5, 0.6) is 11.5 Å². The summed E-state index contributed by atoms with van der Waals surface area (Å²) in [6.07, 6.45) is 14.8. The van der Waals surface area contributed by atoms with Crippen LogP contribution in [-0.4, -0.2) is 311 Å². The summed E-state index contributed by atoms with van der Waals surface area (Å²) in [6, 6.07) is 46.1. The number of rotatable bonds is 34. The summed E-state index contributed by atoms with van der Waals surface area (Å²) in [6.45, 7) is 38.3. The van der Waals surface area contributed by atoms with Gasteiger partial charge in [-0.05, 0) is 119 Å². The fourth-order valence-electron chi connectivity index (χ4n) is 19.4. The molecule has 1 unspecified atom stereocenters. The molecule has 9 aromatic heterocycles. The van der Waals surface area contributed by atoms with Crippen molar-refractivity contribution in [3.05, 3.63) is 249 Å². The van der Waals surface area contributed by atoms with Gasteiger partial charge in [0.2, 0.25) is 29.5 Å². The van der Waals surface area contributed by atoms with E-state index in [-0.39, 0.29) is 77.8 Å². The number of aromatic amines is 4. The molecule has 5 fully saturated rings. The second-order valence-corrected chi connectivity index (χ2v) is 40.9. The maximum atomic E-state index is 13.8. The van der Waals surface area contributed by atoms with E-state index >= 15 is 0 Å². The van der Waals surface area contributed by atoms with Crippen LogP contribution in [0.3, 0.4) is 0 Å². The molecule has 14 heterocycles. The summed E-state index contributed by atoms with van der Waals surface area (Å²) >= 11 is 24.4. The molecule has 5 aliphatic rings. The van der Waals surface area contributed by atoms with Gasteiger partial charge in [0.25, 0.3) is 5.89 Å². The van der Waals surface area contributed by atoms with E-state index in [0.29, 0.717) is 174 Å². The topological polar surface area (TPSA) is 347 Å². The fraction of sp³-hybridized carbons (Fsp3) is 0.423. The number of pyridine rings is 4. The number of benzene rings is 5. The molecular formula is C111H136Cl4FN23O9. The number of aryl methyl sites for hydroxylation is 1. The van der Waals surface area contributed by atoms with Gasteiger partial charge >= 0.3 is 0 Å². The van der Waals surface area contributed by atoms with Crippen LogP contribution in [0.25, 0.3) is 66.7 Å². The van der Waals surface area contributed by atoms with Crippen molar-refractivity contribution in [3.8, 4) is 34.1 Å². The number of carbonyl (C=O) groups excluding carboxylic acids is 4. The third-order valence-corrected chi connectivity index (χ3v) is 28.6. The molecular weight excluding hydrogens is 1960 g/mol. The minimum Gasteiger partial charge on any atom is -0.488 e. The Hall–Kier alpha value is -12.5. The van der Waals surface area contributed by atoms with Crippen LogP contribution in [0.2, 0.25) is 20.1 Å². The number of anilines is 4. The molecule has 784 valence electrons. The maximum Gasteiger partial charge on any atom is 0.251 e. The third-order valence-electron chi connectivity index (χ3n) is 27.6. The summed E-state index contributed by atoms with van der Waals surface area (Å²) in [5.41, 5.74) is 13.8. The predicted octanol–water partition coefficient (Wildman–Crippen LogP) is 16.6. The minimum atomic E-state index is -0.529. The van der Waals surface area contributed by atoms with Crippen molar-refractivity contribution >= 4 is 137 Å². The van der Waals surface area contributed by atoms with Crippen molar-refractivity contribution in [2.24, 2.45) is 0 Å². The summed E-state index contributed by atoms with van der Waals surface area (Å²) in [5.74, 6) is 1.54. The number of carbonyl (C=O) groups is 4. The highest BCUT2D eigenvalue weighted by atomic mass is 35.5. The van der Waals surface area contributed by atoms with Crippen LogP contribution in [-0.2, 0) is 23.9 Å². The van der Waals surface area contributed by atoms with E-state index in [1.807, 2.05) is 179 Å². The molecule has 5 atom stereocenters. The zero-order valence-electron chi connectivity index (χ0n) is 85.8. The van der Waals surface area contributed by atoms with Crippen molar-refractivity contribution < 1.29 is 47.3 Å². The highest BCUT2D eigenvalue weighted by Gasteiger charge is 2.38. The van der Waals surface area contributed by atoms with Gasteiger partial charge in [0.15, 0.2) is 11.5 Å². The summed E-state index contributed by atoms with van der Waals surface area (Å²) in [7, 11) is 0. The van der Waals surface area contributed by atoms with Crippen LogP contribution in [0.1, 0.15) is 121 Å². The van der Waals surface area contributed by atoms with E-state index in [0.717, 1.165) is 158 Å². The Morgan fingerprint density at radius 3 is 1.03 bits per heavy atom. The summed E-state index contributed by atoms with van der Waals surface area (Å²) in [5, 5.41) is 38.6. The molecule has 19 rings (SSSR count). The molecule has 37 heteroatoms. The summed E-state index contributed by atoms with van der Waals surface area (Å²) < 4.78 is 37.1. The molecule has 9 N–H and O–H groups in total. The Balaban J connectivity index is 0.000000141. The lowest BCUT2D eigenvalue weighted by Gasteiger charge is -2.38. The second kappa shape index (κ2) is 51.6. The molecule has 5 aliphatic heterocycles. The number of piperazine rings is 4. The van der Waals surface area contributed by atoms with Gasteiger partial charge in [-0.1, -0.05) is 169 Å². The SMILES string of the molecule is CC(C)NC[C@@H](C(=O)N1CCN(c2c(-c3ccc(F)cc3)cnc3[nH]ccc23)CC1)c1ccc(Cl)cc1.CC(C)NC[C@@H](C(=O)N1CCN(c2c(OCCN3CCOCC3)cnc3[nH]ccc23)CC1)c1ccc(Cl)cc1.CCC(O)COc1cnc2[nH]ccc2c1N1CCN(C(=O)[C@H](CNC(C)C)c2ccc(Cl)cc2)CC1.Cc1nnc(-c2cnc3[nH]ccc3c2N2CCN(C(=O)[C@H](CNC(C)C)c3ccc(Cl)cc3)CC2)o1. The third kappa shape index (κ3) is 27.6. The number of hydrogen-bond acceptors (Lipinski definition) is 24. The number of aromatic nitrogens is 10. The van der Waals surface area contributed by atoms with Crippen molar-refractivity contribution in [2.45, 2.75) is 130 Å². The van der Waals surface area contributed by atoms with E-state index in [2.05, 4.69) is 157 Å². The standard InChI is InChI=1S/C29H31ClFN5O.C29H39ClN6O3.C27H36ClN5O3.C26H30ClN7O2/c1-19(2)33-18-26(21-3-7-22(30)8-4-21)29(37)36-15-13-35(14-16-36)27-24-11-12-32-28(24)34-17-25(27)20-5-9-23(31)10-6-20;1-21(2)32-19-25(22-3-5-23(30)6-4-22)29(37)36-11-9-35(10-12-36)27-24-7-8-31-28(24)33-20-26(27)39-18-15-34-13-16-38-17-14-34;1-4-21(34)17-36-24-16-31-26-22(9-10-29-26)25(24)32-11-13-33(14-12-32)27(35)23(15-30-18(2)3)19-5-7-20(28)8-6-19;1-16(2)29-14-21(18-4-6-19(27)7-5-18)26(35)34-12-10-33(11-13-34)23-20-8-9-28-24(20)30-15-22(23)25-32-31-17(3)36-25/h3-12,17,19,26,33H,13-16,18H2,1-2H3,(H,32,34);3-8,20-21,25,32H,9-19H2,1-2H3,(H,31,33);5-10,16,18,21,23,30,34H,4,11-15,17H2,1-3H3,(H,29,31);4-9,15-16,21,29H,10-14H2,1-3H3,(H,28,30)/t26-;25-;21?,23-;21-/m1111/s1. The zero-order chi connectivity index (χ0) is 104. The van der Waals surface area contributed by atoms with Gasteiger partial charge in [-0.3, -0.25) is 24.1 Å². The lowest BCUT2D eigenvalue weighted by molar-refractivity contribution is -0.133. The van der Waals surface area contributed by atoms with Crippen LogP contribution in [0.15, 0.2) is 200 Å². The number of fused-ring (bicyclic) bond motifs is 4. The second-order valence-electron chi connectivity index (χ2n) is 39.2. The molecule has 0 aliphatic carbocycles. The number of amides is 4. The number of nitrogens with one attached hydrogen (secondary N) is 8. The first kappa shape index (κ1) is 108. The number of nitrogens with zero attached hydrogens (tertiary/aromatic N) is 15. The highest BCUT2D eigenvalue weighted by molar-refractivity contribution is 6.31.